The van der Waals surface area contributed by atoms with Gasteiger partial charge in [-0.2, -0.15) is 0 Å². The van der Waals surface area contributed by atoms with Gasteiger partial charge in [0.1, 0.15) is 4.90 Å². The van der Waals surface area contributed by atoms with E-state index in [1.54, 1.807) is 0 Å². The Morgan fingerprint density at radius 1 is 1.43 bits per heavy atom. The number of likely N-dealkylation sites (N-methyl/N-ethyl adjacent to an activating group) is 1. The Bertz CT molecular complexity index is 565. The Kier molecular flexibility index (Phi) is 5.79. The van der Waals surface area contributed by atoms with E-state index in [1.165, 1.54) is 24.2 Å². The SMILES string of the molecule is CCN(CCNS(=O)(=O)c1c(C)csc1CNC)C1CC1. The van der Waals surface area contributed by atoms with Gasteiger partial charge in [0.2, 0.25) is 10.0 Å². The van der Waals surface area contributed by atoms with E-state index in [2.05, 4.69) is 21.9 Å². The van der Waals surface area contributed by atoms with Gasteiger partial charge in [-0.25, -0.2) is 13.1 Å². The fourth-order valence-corrected chi connectivity index (χ4v) is 5.40. The molecule has 5 nitrogen and oxygen atoms in total. The fourth-order valence-electron chi connectivity index (χ4n) is 2.57. The monoisotopic (exact) mass is 331 g/mol. The topological polar surface area (TPSA) is 61.4 Å². The van der Waals surface area contributed by atoms with Crippen molar-refractivity contribution < 1.29 is 8.42 Å². The van der Waals surface area contributed by atoms with Crippen molar-refractivity contribution in [2.45, 2.75) is 44.2 Å². The Labute approximate surface area is 131 Å². The molecule has 1 aliphatic rings. The molecule has 1 heterocycles. The number of hydrogen-bond acceptors (Lipinski definition) is 5. The maximum Gasteiger partial charge on any atom is 0.242 e. The molecular formula is C14H25N3O2S2. The quantitative estimate of drug-likeness (QED) is 0.720. The summed E-state index contributed by atoms with van der Waals surface area (Å²) in [6.07, 6.45) is 2.49. The molecule has 0 aromatic carbocycles. The van der Waals surface area contributed by atoms with Gasteiger partial charge < -0.3 is 5.32 Å². The number of hydrogen-bond donors (Lipinski definition) is 2. The van der Waals surface area contributed by atoms with E-state index < -0.39 is 10.0 Å². The molecule has 1 aromatic rings. The Hall–Kier alpha value is -0.470. The summed E-state index contributed by atoms with van der Waals surface area (Å²) in [5, 5.41) is 4.93. The first-order valence-electron chi connectivity index (χ1n) is 7.45. The summed E-state index contributed by atoms with van der Waals surface area (Å²) < 4.78 is 27.8. The zero-order chi connectivity index (χ0) is 15.5. The molecule has 120 valence electrons. The van der Waals surface area contributed by atoms with Crippen LogP contribution in [0.25, 0.3) is 0 Å². The molecule has 0 saturated heterocycles. The van der Waals surface area contributed by atoms with Crippen LogP contribution in [-0.2, 0) is 16.6 Å². The van der Waals surface area contributed by atoms with Crippen LogP contribution in [0.4, 0.5) is 0 Å². The van der Waals surface area contributed by atoms with E-state index >= 15 is 0 Å². The van der Waals surface area contributed by atoms with Crippen molar-refractivity contribution in [3.63, 3.8) is 0 Å². The molecule has 0 radical (unpaired) electrons. The normalized spacial score (nSPS) is 15.8. The molecule has 1 fully saturated rings. The van der Waals surface area contributed by atoms with Crippen LogP contribution in [0, 0.1) is 6.92 Å². The smallest absolute Gasteiger partial charge is 0.242 e. The number of nitrogens with one attached hydrogen (secondary N) is 2. The van der Waals surface area contributed by atoms with Gasteiger partial charge in [0, 0.05) is 30.6 Å². The van der Waals surface area contributed by atoms with Crippen LogP contribution in [0.2, 0.25) is 0 Å². The molecule has 7 heteroatoms. The lowest BCUT2D eigenvalue weighted by molar-refractivity contribution is 0.282. The van der Waals surface area contributed by atoms with E-state index in [-0.39, 0.29) is 0 Å². The summed E-state index contributed by atoms with van der Waals surface area (Å²) in [6.45, 7) is 6.80. The highest BCUT2D eigenvalue weighted by Gasteiger charge is 2.28. The first-order chi connectivity index (χ1) is 9.99. The van der Waals surface area contributed by atoms with Crippen LogP contribution in [0.5, 0.6) is 0 Å². The Morgan fingerprint density at radius 3 is 2.71 bits per heavy atom. The van der Waals surface area contributed by atoms with Crippen molar-refractivity contribution in [3.05, 3.63) is 15.8 Å². The highest BCUT2D eigenvalue weighted by Crippen LogP contribution is 2.27. The molecule has 0 unspecified atom stereocenters. The highest BCUT2D eigenvalue weighted by atomic mass is 32.2. The lowest BCUT2D eigenvalue weighted by Gasteiger charge is -2.20. The van der Waals surface area contributed by atoms with E-state index in [0.717, 1.165) is 23.5 Å². The van der Waals surface area contributed by atoms with E-state index in [0.29, 0.717) is 24.0 Å². The lowest BCUT2D eigenvalue weighted by Crippen LogP contribution is -2.36. The fraction of sp³-hybridized carbons (Fsp3) is 0.714. The van der Waals surface area contributed by atoms with E-state index in [4.69, 9.17) is 0 Å². The molecule has 0 atom stereocenters. The van der Waals surface area contributed by atoms with Crippen molar-refractivity contribution in [1.82, 2.24) is 14.9 Å². The van der Waals surface area contributed by atoms with Crippen molar-refractivity contribution in [2.75, 3.05) is 26.7 Å². The summed E-state index contributed by atoms with van der Waals surface area (Å²) in [7, 11) is -1.59. The Morgan fingerprint density at radius 2 is 2.14 bits per heavy atom. The van der Waals surface area contributed by atoms with Crippen molar-refractivity contribution in [2.24, 2.45) is 0 Å². The largest absolute Gasteiger partial charge is 0.315 e. The maximum atomic E-state index is 12.5. The number of nitrogens with zero attached hydrogens (tertiary/aromatic N) is 1. The van der Waals surface area contributed by atoms with Gasteiger partial charge in [0.15, 0.2) is 0 Å². The minimum atomic E-state index is -3.42. The third kappa shape index (κ3) is 4.26. The molecular weight excluding hydrogens is 306 g/mol. The number of sulfonamides is 1. The molecule has 0 spiro atoms. The van der Waals surface area contributed by atoms with Gasteiger partial charge in [-0.3, -0.25) is 4.90 Å². The predicted molar refractivity (Wildman–Crippen MR) is 87.3 cm³/mol. The average Bonchev–Trinajstić information content (AvgIpc) is 3.19. The maximum absolute atomic E-state index is 12.5. The van der Waals surface area contributed by atoms with E-state index in [9.17, 15) is 8.42 Å². The third-order valence-corrected chi connectivity index (χ3v) is 6.68. The zero-order valence-electron chi connectivity index (χ0n) is 13.0. The van der Waals surface area contributed by atoms with Crippen LogP contribution in [0.1, 0.15) is 30.2 Å². The standard InChI is InChI=1S/C14H25N3O2S2/c1-4-17(12-5-6-12)8-7-16-21(18,19)14-11(2)10-20-13(14)9-15-3/h10,12,15-16H,4-9H2,1-3H3. The summed E-state index contributed by atoms with van der Waals surface area (Å²) in [5.41, 5.74) is 0.826. The highest BCUT2D eigenvalue weighted by molar-refractivity contribution is 7.89. The van der Waals surface area contributed by atoms with Crippen LogP contribution in [-0.4, -0.2) is 46.0 Å². The summed E-state index contributed by atoms with van der Waals surface area (Å²) in [4.78, 5) is 3.67. The number of aryl methyl sites for hydroxylation is 1. The minimum Gasteiger partial charge on any atom is -0.315 e. The van der Waals surface area contributed by atoms with Gasteiger partial charge >= 0.3 is 0 Å². The first kappa shape index (κ1) is 16.9. The van der Waals surface area contributed by atoms with E-state index in [1.807, 2.05) is 19.4 Å². The second kappa shape index (κ2) is 7.19. The second-order valence-corrected chi connectivity index (χ2v) is 8.13. The Balaban J connectivity index is 1.99. The van der Waals surface area contributed by atoms with Gasteiger partial charge in [0.25, 0.3) is 0 Å². The van der Waals surface area contributed by atoms with Crippen molar-refractivity contribution >= 4 is 21.4 Å². The molecule has 1 saturated carbocycles. The van der Waals surface area contributed by atoms with Crippen LogP contribution >= 0.6 is 11.3 Å². The molecule has 0 amide bonds. The summed E-state index contributed by atoms with van der Waals surface area (Å²) in [5.74, 6) is 0. The molecule has 2 N–H and O–H groups in total. The number of thiophene rings is 1. The zero-order valence-corrected chi connectivity index (χ0v) is 14.6. The average molecular weight is 332 g/mol. The summed E-state index contributed by atoms with van der Waals surface area (Å²) >= 11 is 1.49. The van der Waals surface area contributed by atoms with Gasteiger partial charge in [-0.1, -0.05) is 6.92 Å². The molecule has 21 heavy (non-hydrogen) atoms. The van der Waals surface area contributed by atoms with Crippen LogP contribution < -0.4 is 10.0 Å². The van der Waals surface area contributed by atoms with Crippen LogP contribution in [0.15, 0.2) is 10.3 Å². The minimum absolute atomic E-state index is 0.455. The molecule has 0 aliphatic heterocycles. The second-order valence-electron chi connectivity index (χ2n) is 5.46. The third-order valence-electron chi connectivity index (χ3n) is 3.76. The van der Waals surface area contributed by atoms with Gasteiger partial charge in [0.05, 0.1) is 0 Å². The number of rotatable bonds is 9. The van der Waals surface area contributed by atoms with Gasteiger partial charge in [-0.15, -0.1) is 11.3 Å². The molecule has 2 rings (SSSR count). The predicted octanol–water partition coefficient (Wildman–Crippen LogP) is 1.54. The lowest BCUT2D eigenvalue weighted by atomic mass is 10.3. The van der Waals surface area contributed by atoms with Crippen LogP contribution in [0.3, 0.4) is 0 Å². The molecule has 0 bridgehead atoms. The molecule has 1 aliphatic carbocycles. The van der Waals surface area contributed by atoms with Crippen molar-refractivity contribution in [1.29, 1.82) is 0 Å². The van der Waals surface area contributed by atoms with Gasteiger partial charge in [-0.05, 0) is 44.3 Å². The summed E-state index contributed by atoms with van der Waals surface area (Å²) in [6, 6.07) is 0.669. The van der Waals surface area contributed by atoms with Crippen molar-refractivity contribution in [3.8, 4) is 0 Å². The molecule has 1 aromatic heterocycles. The first-order valence-corrected chi connectivity index (χ1v) is 9.81.